The second-order valence-electron chi connectivity index (χ2n) is 7.54. The van der Waals surface area contributed by atoms with Gasteiger partial charge in [-0.15, -0.1) is 0 Å². The number of aliphatic hydroxyl groups is 1. The van der Waals surface area contributed by atoms with Gasteiger partial charge in [-0.25, -0.2) is 15.0 Å². The molecule has 1 aromatic carbocycles. The van der Waals surface area contributed by atoms with E-state index in [4.69, 9.17) is 9.72 Å². The summed E-state index contributed by atoms with van der Waals surface area (Å²) in [6, 6.07) is 7.59. The lowest BCUT2D eigenvalue weighted by Crippen LogP contribution is -2.32. The predicted molar refractivity (Wildman–Crippen MR) is 115 cm³/mol. The number of ether oxygens (including phenoxy) is 1. The molecule has 0 atom stereocenters. The van der Waals surface area contributed by atoms with E-state index >= 15 is 0 Å². The Labute approximate surface area is 175 Å². The van der Waals surface area contributed by atoms with Crippen LogP contribution in [-0.2, 0) is 19.6 Å². The number of nitrogens with zero attached hydrogens (tertiary/aromatic N) is 4. The molecule has 2 aliphatic rings. The number of anilines is 4. The van der Waals surface area contributed by atoms with E-state index in [-0.39, 0.29) is 6.61 Å². The molecule has 2 aliphatic heterocycles. The van der Waals surface area contributed by atoms with Gasteiger partial charge in [0.25, 0.3) is 0 Å². The molecule has 2 aromatic heterocycles. The Balaban J connectivity index is 1.37. The molecule has 0 amide bonds. The van der Waals surface area contributed by atoms with Gasteiger partial charge in [0.05, 0.1) is 30.7 Å². The first-order valence-corrected chi connectivity index (χ1v) is 10.1. The quantitative estimate of drug-likeness (QED) is 0.611. The summed E-state index contributed by atoms with van der Waals surface area (Å²) in [5, 5.41) is 15.8. The van der Waals surface area contributed by atoms with E-state index in [0.717, 1.165) is 53.4 Å². The summed E-state index contributed by atoms with van der Waals surface area (Å²) in [7, 11) is 0. The van der Waals surface area contributed by atoms with E-state index < -0.39 is 0 Å². The van der Waals surface area contributed by atoms with Gasteiger partial charge >= 0.3 is 0 Å². The van der Waals surface area contributed by atoms with Gasteiger partial charge in [0.15, 0.2) is 0 Å². The fourth-order valence-electron chi connectivity index (χ4n) is 3.92. The van der Waals surface area contributed by atoms with Crippen LogP contribution in [0.5, 0.6) is 5.88 Å². The van der Waals surface area contributed by atoms with Crippen LogP contribution in [0.1, 0.15) is 22.4 Å². The molecule has 0 aliphatic carbocycles. The van der Waals surface area contributed by atoms with Crippen molar-refractivity contribution >= 4 is 23.0 Å². The molecule has 0 spiro atoms. The summed E-state index contributed by atoms with van der Waals surface area (Å²) < 4.78 is 5.65. The monoisotopic (exact) mass is 404 g/mol. The maximum atomic E-state index is 9.19. The van der Waals surface area contributed by atoms with Crippen LogP contribution in [0.25, 0.3) is 0 Å². The Kier molecular flexibility index (Phi) is 4.84. The third-order valence-corrected chi connectivity index (χ3v) is 5.60. The summed E-state index contributed by atoms with van der Waals surface area (Å²) in [5.41, 5.74) is 7.20. The molecule has 0 unspecified atom stereocenters. The van der Waals surface area contributed by atoms with Gasteiger partial charge < -0.3 is 25.4 Å². The van der Waals surface area contributed by atoms with Crippen LogP contribution < -0.4 is 20.3 Å². The molecule has 5 rings (SSSR count). The van der Waals surface area contributed by atoms with E-state index in [9.17, 15) is 5.11 Å². The second kappa shape index (κ2) is 7.79. The molecule has 0 bridgehead atoms. The summed E-state index contributed by atoms with van der Waals surface area (Å²) >= 11 is 0. The first kappa shape index (κ1) is 18.6. The number of hydrogen-bond donors (Lipinski definition) is 3. The third-order valence-electron chi connectivity index (χ3n) is 5.60. The maximum Gasteiger partial charge on any atom is 0.237 e. The van der Waals surface area contributed by atoms with Crippen LogP contribution >= 0.6 is 0 Å². The van der Waals surface area contributed by atoms with E-state index in [1.165, 1.54) is 5.56 Å². The van der Waals surface area contributed by atoms with Crippen LogP contribution in [0.4, 0.5) is 23.0 Å². The van der Waals surface area contributed by atoms with Gasteiger partial charge in [-0.3, -0.25) is 0 Å². The molecule has 0 saturated carbocycles. The molecule has 154 valence electrons. The number of pyridine rings is 1. The Morgan fingerprint density at radius 2 is 2.07 bits per heavy atom. The highest BCUT2D eigenvalue weighted by molar-refractivity contribution is 5.70. The fourth-order valence-corrected chi connectivity index (χ4v) is 3.92. The highest BCUT2D eigenvalue weighted by Gasteiger charge is 2.23. The van der Waals surface area contributed by atoms with Crippen molar-refractivity contribution in [3.8, 4) is 5.88 Å². The fraction of sp³-hybridized carbons (Fsp3) is 0.318. The van der Waals surface area contributed by atoms with Gasteiger partial charge in [-0.1, -0.05) is 12.1 Å². The van der Waals surface area contributed by atoms with Crippen molar-refractivity contribution in [3.63, 3.8) is 0 Å². The van der Waals surface area contributed by atoms with Gasteiger partial charge in [-0.2, -0.15) is 0 Å². The molecule has 30 heavy (non-hydrogen) atoms. The van der Waals surface area contributed by atoms with Crippen LogP contribution in [0.15, 0.2) is 36.7 Å². The molecule has 8 heteroatoms. The first-order valence-electron chi connectivity index (χ1n) is 10.1. The van der Waals surface area contributed by atoms with Crippen molar-refractivity contribution in [3.05, 3.63) is 59.0 Å². The van der Waals surface area contributed by atoms with Crippen molar-refractivity contribution in [2.75, 3.05) is 35.2 Å². The molecule has 3 N–H and O–H groups in total. The van der Waals surface area contributed by atoms with Crippen molar-refractivity contribution in [2.24, 2.45) is 0 Å². The van der Waals surface area contributed by atoms with E-state index in [0.29, 0.717) is 25.0 Å². The lowest BCUT2D eigenvalue weighted by atomic mass is 10.0. The summed E-state index contributed by atoms with van der Waals surface area (Å²) in [5.74, 6) is 1.25. The van der Waals surface area contributed by atoms with Gasteiger partial charge in [0, 0.05) is 30.5 Å². The van der Waals surface area contributed by atoms with E-state index in [2.05, 4.69) is 32.4 Å². The zero-order chi connectivity index (χ0) is 20.5. The number of aromatic nitrogens is 3. The SMILES string of the molecule is Cc1c(N2CCc3cnc(Nc4ccc(CO)cc4)nc3C2)cnc2c1NCCO2. The van der Waals surface area contributed by atoms with Crippen molar-refractivity contribution < 1.29 is 9.84 Å². The molecular weight excluding hydrogens is 380 g/mol. The summed E-state index contributed by atoms with van der Waals surface area (Å²) in [6.45, 7) is 5.18. The van der Waals surface area contributed by atoms with E-state index in [1.54, 1.807) is 0 Å². The van der Waals surface area contributed by atoms with Gasteiger partial charge in [0.1, 0.15) is 12.3 Å². The van der Waals surface area contributed by atoms with Crippen LogP contribution in [0, 0.1) is 6.92 Å². The molecule has 4 heterocycles. The second-order valence-corrected chi connectivity index (χ2v) is 7.54. The predicted octanol–water partition coefficient (Wildman–Crippen LogP) is 2.78. The van der Waals surface area contributed by atoms with Crippen molar-refractivity contribution in [1.82, 2.24) is 15.0 Å². The standard InChI is InChI=1S/C22H24N6O2/c1-14-19(11-24-21-20(14)23-7-9-30-21)28-8-6-16-10-25-22(27-18(16)12-28)26-17-4-2-15(13-29)3-5-17/h2-5,10-11,23,29H,6-9,12-13H2,1H3,(H,25,26,27). The molecule has 0 radical (unpaired) electrons. The minimum atomic E-state index is 0.0318. The zero-order valence-electron chi connectivity index (χ0n) is 16.9. The maximum absolute atomic E-state index is 9.19. The van der Waals surface area contributed by atoms with Crippen molar-refractivity contribution in [2.45, 2.75) is 26.5 Å². The summed E-state index contributed by atoms with van der Waals surface area (Å²) in [6.07, 6.45) is 4.70. The first-order chi connectivity index (χ1) is 14.7. The lowest BCUT2D eigenvalue weighted by Gasteiger charge is -2.32. The third kappa shape index (κ3) is 3.50. The Morgan fingerprint density at radius 1 is 1.20 bits per heavy atom. The number of nitrogens with one attached hydrogen (secondary N) is 2. The molecule has 8 nitrogen and oxygen atoms in total. The average Bonchev–Trinajstić information content (AvgIpc) is 2.79. The molecule has 0 saturated heterocycles. The number of hydrogen-bond acceptors (Lipinski definition) is 8. The van der Waals surface area contributed by atoms with Crippen LogP contribution in [0.2, 0.25) is 0 Å². The average molecular weight is 404 g/mol. The minimum Gasteiger partial charge on any atom is -0.474 e. The minimum absolute atomic E-state index is 0.0318. The highest BCUT2D eigenvalue weighted by atomic mass is 16.5. The van der Waals surface area contributed by atoms with Crippen LogP contribution in [0.3, 0.4) is 0 Å². The Bertz CT molecular complexity index is 1070. The van der Waals surface area contributed by atoms with Crippen molar-refractivity contribution in [1.29, 1.82) is 0 Å². The number of fused-ring (bicyclic) bond motifs is 2. The van der Waals surface area contributed by atoms with Crippen LogP contribution in [-0.4, -0.2) is 39.8 Å². The van der Waals surface area contributed by atoms with E-state index in [1.807, 2.05) is 36.7 Å². The Morgan fingerprint density at radius 3 is 2.90 bits per heavy atom. The largest absolute Gasteiger partial charge is 0.474 e. The highest BCUT2D eigenvalue weighted by Crippen LogP contribution is 2.36. The normalized spacial score (nSPS) is 14.9. The number of rotatable bonds is 4. The lowest BCUT2D eigenvalue weighted by molar-refractivity contribution is 0.282. The number of benzene rings is 1. The molecule has 0 fully saturated rings. The number of aliphatic hydroxyl groups excluding tert-OH is 1. The van der Waals surface area contributed by atoms with Gasteiger partial charge in [0.2, 0.25) is 11.8 Å². The smallest absolute Gasteiger partial charge is 0.237 e. The zero-order valence-corrected chi connectivity index (χ0v) is 16.9. The van der Waals surface area contributed by atoms with Gasteiger partial charge in [-0.05, 0) is 36.6 Å². The topological polar surface area (TPSA) is 95.4 Å². The Hall–Kier alpha value is -3.39. The summed E-state index contributed by atoms with van der Waals surface area (Å²) in [4.78, 5) is 16.1. The molecular formula is C22H24N6O2. The molecule has 3 aromatic rings.